The van der Waals surface area contributed by atoms with E-state index in [1.807, 2.05) is 11.9 Å². The summed E-state index contributed by atoms with van der Waals surface area (Å²) in [6.07, 6.45) is 5.64. The number of carbonyl (C=O) groups excluding carboxylic acids is 1. The molecule has 0 radical (unpaired) electrons. The van der Waals surface area contributed by atoms with Crippen LogP contribution in [0.4, 0.5) is 0 Å². The largest absolute Gasteiger partial charge is 0.337 e. The Kier molecular flexibility index (Phi) is 5.87. The minimum absolute atomic E-state index is 0.0633. The predicted molar refractivity (Wildman–Crippen MR) is 89.5 cm³/mol. The molecule has 0 heterocycles. The Morgan fingerprint density at radius 3 is 2.55 bits per heavy atom. The number of hydrogen-bond donors (Lipinski definition) is 1. The van der Waals surface area contributed by atoms with E-state index in [9.17, 15) is 10.1 Å². The average Bonchev–Trinajstić information content (AvgIpc) is 2.96. The molecule has 0 aliphatic heterocycles. The summed E-state index contributed by atoms with van der Waals surface area (Å²) in [6.45, 7) is 1.04. The van der Waals surface area contributed by atoms with E-state index in [-0.39, 0.29) is 5.91 Å². The lowest BCUT2D eigenvalue weighted by atomic mass is 10.00. The maximum Gasteiger partial charge on any atom is 0.235 e. The van der Waals surface area contributed by atoms with E-state index in [1.54, 1.807) is 11.8 Å². The molecule has 0 atom stereocenters. The molecule has 0 saturated heterocycles. The smallest absolute Gasteiger partial charge is 0.235 e. The van der Waals surface area contributed by atoms with Crippen molar-refractivity contribution in [3.8, 4) is 6.07 Å². The first-order valence-electron chi connectivity index (χ1n) is 7.61. The summed E-state index contributed by atoms with van der Waals surface area (Å²) in [6, 6.07) is 10.7. The molecular formula is C17H23N3OS. The average molecular weight is 317 g/mol. The monoisotopic (exact) mass is 317 g/mol. The Labute approximate surface area is 136 Å². The molecular weight excluding hydrogens is 294 g/mol. The van der Waals surface area contributed by atoms with Crippen molar-refractivity contribution >= 4 is 17.7 Å². The molecule has 5 heteroatoms. The molecule has 1 aliphatic carbocycles. The molecule has 1 aliphatic rings. The number of nitrogens with one attached hydrogen (secondary N) is 1. The van der Waals surface area contributed by atoms with Crippen LogP contribution in [-0.4, -0.2) is 36.2 Å². The standard InChI is InChI=1S/C17H23N3OS/c1-20(11-14-5-7-15(22-2)8-6-14)12-16(21)19-17(13-18)9-3-4-10-17/h5-8H,3-4,9-12H2,1-2H3,(H,19,21). The fourth-order valence-electron chi connectivity index (χ4n) is 2.89. The summed E-state index contributed by atoms with van der Waals surface area (Å²) in [4.78, 5) is 15.4. The lowest BCUT2D eigenvalue weighted by Gasteiger charge is -2.24. The second-order valence-corrected chi connectivity index (χ2v) is 6.85. The molecule has 1 aromatic rings. The second-order valence-electron chi connectivity index (χ2n) is 5.97. The van der Waals surface area contributed by atoms with Gasteiger partial charge in [-0.15, -0.1) is 11.8 Å². The summed E-state index contributed by atoms with van der Waals surface area (Å²) in [5, 5.41) is 12.2. The van der Waals surface area contributed by atoms with Crippen molar-refractivity contribution in [1.29, 1.82) is 5.26 Å². The van der Waals surface area contributed by atoms with Crippen molar-refractivity contribution in [3.05, 3.63) is 29.8 Å². The molecule has 2 rings (SSSR count). The lowest BCUT2D eigenvalue weighted by Crippen LogP contribution is -2.48. The number of nitrogens with zero attached hydrogens (tertiary/aromatic N) is 2. The molecule has 4 nitrogen and oxygen atoms in total. The van der Waals surface area contributed by atoms with Crippen LogP contribution < -0.4 is 5.32 Å². The summed E-state index contributed by atoms with van der Waals surface area (Å²) >= 11 is 1.72. The predicted octanol–water partition coefficient (Wildman–Crippen LogP) is 2.79. The number of carbonyl (C=O) groups is 1. The summed E-state index contributed by atoms with van der Waals surface area (Å²) in [5.41, 5.74) is 0.557. The third-order valence-electron chi connectivity index (χ3n) is 4.07. The van der Waals surface area contributed by atoms with E-state index in [1.165, 1.54) is 10.5 Å². The molecule has 22 heavy (non-hydrogen) atoms. The van der Waals surface area contributed by atoms with Gasteiger partial charge in [0.25, 0.3) is 0 Å². The number of benzene rings is 1. The van der Waals surface area contributed by atoms with Crippen LogP contribution in [0.15, 0.2) is 29.2 Å². The van der Waals surface area contributed by atoms with Crippen molar-refractivity contribution in [3.63, 3.8) is 0 Å². The zero-order chi connectivity index (χ0) is 16.0. The van der Waals surface area contributed by atoms with Crippen molar-refractivity contribution in [2.45, 2.75) is 42.7 Å². The molecule has 118 valence electrons. The van der Waals surface area contributed by atoms with Crippen LogP contribution in [-0.2, 0) is 11.3 Å². The van der Waals surface area contributed by atoms with Crippen LogP contribution in [0.25, 0.3) is 0 Å². The van der Waals surface area contributed by atoms with Gasteiger partial charge >= 0.3 is 0 Å². The Bertz CT molecular complexity index is 544. The molecule has 0 unspecified atom stereocenters. The van der Waals surface area contributed by atoms with E-state index in [4.69, 9.17) is 0 Å². The van der Waals surface area contributed by atoms with Gasteiger partial charge in [0.15, 0.2) is 0 Å². The Balaban J connectivity index is 1.84. The van der Waals surface area contributed by atoms with Gasteiger partial charge in [0.2, 0.25) is 5.91 Å². The number of rotatable bonds is 6. The van der Waals surface area contributed by atoms with Gasteiger partial charge in [0, 0.05) is 11.4 Å². The van der Waals surface area contributed by atoms with Crippen LogP contribution in [0.3, 0.4) is 0 Å². The van der Waals surface area contributed by atoms with Crippen LogP contribution in [0.1, 0.15) is 31.2 Å². The molecule has 1 aromatic carbocycles. The first kappa shape index (κ1) is 16.9. The second kappa shape index (κ2) is 7.66. The van der Waals surface area contributed by atoms with Gasteiger partial charge in [-0.1, -0.05) is 12.1 Å². The fraction of sp³-hybridized carbons (Fsp3) is 0.529. The Morgan fingerprint density at radius 1 is 1.36 bits per heavy atom. The van der Waals surface area contributed by atoms with Crippen molar-refractivity contribution in [2.24, 2.45) is 0 Å². The summed E-state index contributed by atoms with van der Waals surface area (Å²) in [5.74, 6) is -0.0633. The van der Waals surface area contributed by atoms with Gasteiger partial charge in [0.1, 0.15) is 5.54 Å². The van der Waals surface area contributed by atoms with Gasteiger partial charge in [-0.05, 0) is 56.7 Å². The minimum atomic E-state index is -0.627. The Hall–Kier alpha value is -1.51. The van der Waals surface area contributed by atoms with Crippen LogP contribution >= 0.6 is 11.8 Å². The topological polar surface area (TPSA) is 56.1 Å². The summed E-state index contributed by atoms with van der Waals surface area (Å²) < 4.78 is 0. The van der Waals surface area contributed by atoms with Crippen molar-refractivity contribution in [2.75, 3.05) is 19.8 Å². The zero-order valence-electron chi connectivity index (χ0n) is 13.3. The quantitative estimate of drug-likeness (QED) is 0.820. The maximum atomic E-state index is 12.2. The van der Waals surface area contributed by atoms with Gasteiger partial charge in [0.05, 0.1) is 12.6 Å². The van der Waals surface area contributed by atoms with Crippen LogP contribution in [0.5, 0.6) is 0 Å². The maximum absolute atomic E-state index is 12.2. The van der Waals surface area contributed by atoms with E-state index in [2.05, 4.69) is 41.9 Å². The first-order valence-corrected chi connectivity index (χ1v) is 8.83. The Morgan fingerprint density at radius 2 is 2.00 bits per heavy atom. The molecule has 0 aromatic heterocycles. The van der Waals surface area contributed by atoms with Crippen molar-refractivity contribution < 1.29 is 4.79 Å². The molecule has 1 N–H and O–H groups in total. The molecule has 1 saturated carbocycles. The van der Waals surface area contributed by atoms with E-state index in [0.717, 1.165) is 32.2 Å². The van der Waals surface area contributed by atoms with Crippen LogP contribution in [0.2, 0.25) is 0 Å². The minimum Gasteiger partial charge on any atom is -0.337 e. The highest BCUT2D eigenvalue weighted by molar-refractivity contribution is 7.98. The zero-order valence-corrected chi connectivity index (χ0v) is 14.1. The molecule has 1 amide bonds. The first-order chi connectivity index (χ1) is 10.6. The third-order valence-corrected chi connectivity index (χ3v) is 4.82. The summed E-state index contributed by atoms with van der Waals surface area (Å²) in [7, 11) is 1.93. The number of hydrogen-bond acceptors (Lipinski definition) is 4. The van der Waals surface area contributed by atoms with Crippen molar-refractivity contribution in [1.82, 2.24) is 10.2 Å². The fourth-order valence-corrected chi connectivity index (χ4v) is 3.30. The van der Waals surface area contributed by atoms with E-state index in [0.29, 0.717) is 6.54 Å². The van der Waals surface area contributed by atoms with Crippen LogP contribution in [0, 0.1) is 11.3 Å². The van der Waals surface area contributed by atoms with Gasteiger partial charge in [-0.25, -0.2) is 0 Å². The van der Waals surface area contributed by atoms with E-state index >= 15 is 0 Å². The van der Waals surface area contributed by atoms with Gasteiger partial charge in [-0.2, -0.15) is 5.26 Å². The van der Waals surface area contributed by atoms with E-state index < -0.39 is 5.54 Å². The molecule has 1 fully saturated rings. The number of nitriles is 1. The number of thioether (sulfide) groups is 1. The highest BCUT2D eigenvalue weighted by atomic mass is 32.2. The normalized spacial score (nSPS) is 16.5. The number of amides is 1. The lowest BCUT2D eigenvalue weighted by molar-refractivity contribution is -0.123. The van der Waals surface area contributed by atoms with Gasteiger partial charge in [-0.3, -0.25) is 9.69 Å². The SMILES string of the molecule is CSc1ccc(CN(C)CC(=O)NC2(C#N)CCCC2)cc1. The third kappa shape index (κ3) is 4.49. The molecule has 0 spiro atoms. The molecule has 0 bridgehead atoms. The number of likely N-dealkylation sites (N-methyl/N-ethyl adjacent to an activating group) is 1. The highest BCUT2D eigenvalue weighted by Crippen LogP contribution is 2.28. The highest BCUT2D eigenvalue weighted by Gasteiger charge is 2.35. The van der Waals surface area contributed by atoms with Gasteiger partial charge < -0.3 is 5.32 Å².